The standard InChI is InChI=1S/C25H25ClFN5O2/c1-14-21-17(11-30-23(14)31-16-9-28-10-16)24(34)32(20-7-6-15(12-33)8-29-20)13-25(21,2)18-4-3-5-19(26)22(18)27/h3-8,11,16,28,33H,9-10,12-13H2,1-2H3,(H,30,31)/t25-/m1/s1. The largest absolute Gasteiger partial charge is 0.392 e. The van der Waals surface area contributed by atoms with Gasteiger partial charge in [0.05, 0.1) is 23.2 Å². The first kappa shape index (κ1) is 22.7. The second-order valence-electron chi connectivity index (χ2n) is 9.03. The lowest BCUT2D eigenvalue weighted by molar-refractivity contribution is 0.0969. The molecule has 2 aliphatic heterocycles. The van der Waals surface area contributed by atoms with Crippen LogP contribution in [0.4, 0.5) is 16.0 Å². The average molecular weight is 482 g/mol. The van der Waals surface area contributed by atoms with Crippen LogP contribution in [0.25, 0.3) is 0 Å². The molecule has 0 saturated carbocycles. The molecule has 3 N–H and O–H groups in total. The Hall–Kier alpha value is -3.07. The Labute approximate surface area is 202 Å². The number of benzene rings is 1. The summed E-state index contributed by atoms with van der Waals surface area (Å²) < 4.78 is 15.4. The highest BCUT2D eigenvalue weighted by Gasteiger charge is 2.45. The van der Waals surface area contributed by atoms with E-state index in [2.05, 4.69) is 20.6 Å². The Bertz CT molecular complexity index is 1260. The number of pyridine rings is 2. The van der Waals surface area contributed by atoms with Gasteiger partial charge in [0.1, 0.15) is 17.5 Å². The number of anilines is 2. The summed E-state index contributed by atoms with van der Waals surface area (Å²) >= 11 is 6.18. The SMILES string of the molecule is Cc1c(NC2CNC2)ncc2c1[C@@](C)(c1cccc(Cl)c1F)CN(c1ccc(CO)cn1)C2=O. The van der Waals surface area contributed by atoms with Crippen LogP contribution in [0.15, 0.2) is 42.7 Å². The molecule has 1 aromatic carbocycles. The van der Waals surface area contributed by atoms with Crippen LogP contribution in [0.1, 0.15) is 39.5 Å². The topological polar surface area (TPSA) is 90.4 Å². The number of nitrogens with zero attached hydrogens (tertiary/aromatic N) is 3. The number of carbonyl (C=O) groups excluding carboxylic acids is 1. The minimum absolute atomic E-state index is 0.0275. The van der Waals surface area contributed by atoms with Crippen LogP contribution < -0.4 is 15.5 Å². The molecular weight excluding hydrogens is 457 g/mol. The van der Waals surface area contributed by atoms with E-state index in [1.165, 1.54) is 17.2 Å². The predicted molar refractivity (Wildman–Crippen MR) is 129 cm³/mol. The van der Waals surface area contributed by atoms with Crippen molar-refractivity contribution in [3.05, 3.63) is 81.4 Å². The van der Waals surface area contributed by atoms with Gasteiger partial charge in [0.2, 0.25) is 0 Å². The number of rotatable bonds is 5. The van der Waals surface area contributed by atoms with Gasteiger partial charge in [-0.05, 0) is 42.7 Å². The number of fused-ring (bicyclic) bond motifs is 1. The summed E-state index contributed by atoms with van der Waals surface area (Å²) in [5.41, 5.74) is 2.05. The van der Waals surface area contributed by atoms with Crippen molar-refractivity contribution in [2.45, 2.75) is 31.9 Å². The van der Waals surface area contributed by atoms with Crippen molar-refractivity contribution in [1.29, 1.82) is 0 Å². The number of aliphatic hydroxyl groups is 1. The Balaban J connectivity index is 1.69. The zero-order valence-corrected chi connectivity index (χ0v) is 19.7. The molecule has 1 atom stereocenters. The second-order valence-corrected chi connectivity index (χ2v) is 9.43. The number of hydrogen-bond donors (Lipinski definition) is 3. The molecule has 1 amide bonds. The molecule has 7 nitrogen and oxygen atoms in total. The Morgan fingerprint density at radius 3 is 2.71 bits per heavy atom. The molecule has 1 saturated heterocycles. The van der Waals surface area contributed by atoms with Crippen LogP contribution in [-0.4, -0.2) is 46.7 Å². The lowest BCUT2D eigenvalue weighted by Crippen LogP contribution is -2.52. The van der Waals surface area contributed by atoms with E-state index in [4.69, 9.17) is 11.6 Å². The van der Waals surface area contributed by atoms with Crippen molar-refractivity contribution in [2.75, 3.05) is 29.9 Å². The van der Waals surface area contributed by atoms with Gasteiger partial charge in [0, 0.05) is 43.0 Å². The average Bonchev–Trinajstić information content (AvgIpc) is 2.81. The molecule has 9 heteroatoms. The lowest BCUT2D eigenvalue weighted by Gasteiger charge is -2.43. The fourth-order valence-corrected chi connectivity index (χ4v) is 5.01. The summed E-state index contributed by atoms with van der Waals surface area (Å²) in [5, 5.41) is 16.0. The van der Waals surface area contributed by atoms with E-state index in [-0.39, 0.29) is 30.1 Å². The number of aliphatic hydroxyl groups excluding tert-OH is 1. The zero-order chi connectivity index (χ0) is 24.0. The van der Waals surface area contributed by atoms with Crippen LogP contribution in [-0.2, 0) is 12.0 Å². The van der Waals surface area contributed by atoms with Crippen molar-refractivity contribution in [3.63, 3.8) is 0 Å². The highest BCUT2D eigenvalue weighted by Crippen LogP contribution is 2.45. The minimum atomic E-state index is -0.920. The molecule has 0 unspecified atom stereocenters. The van der Waals surface area contributed by atoms with Crippen molar-refractivity contribution in [3.8, 4) is 0 Å². The van der Waals surface area contributed by atoms with E-state index in [1.54, 1.807) is 30.5 Å². The highest BCUT2D eigenvalue weighted by atomic mass is 35.5. The maximum absolute atomic E-state index is 15.4. The van der Waals surface area contributed by atoms with Gasteiger partial charge in [-0.15, -0.1) is 0 Å². The summed E-state index contributed by atoms with van der Waals surface area (Å²) in [6.07, 6.45) is 3.09. The van der Waals surface area contributed by atoms with Gasteiger partial charge in [-0.3, -0.25) is 9.69 Å². The van der Waals surface area contributed by atoms with Gasteiger partial charge in [0.25, 0.3) is 5.91 Å². The Morgan fingerprint density at radius 1 is 1.26 bits per heavy atom. The Kier molecular flexibility index (Phi) is 5.75. The van der Waals surface area contributed by atoms with Crippen molar-refractivity contribution >= 4 is 29.1 Å². The third kappa shape index (κ3) is 3.62. The van der Waals surface area contributed by atoms with E-state index in [0.29, 0.717) is 28.3 Å². The van der Waals surface area contributed by atoms with E-state index in [9.17, 15) is 9.90 Å². The monoisotopic (exact) mass is 481 g/mol. The summed E-state index contributed by atoms with van der Waals surface area (Å²) in [6, 6.07) is 8.60. The molecule has 2 aliphatic rings. The number of hydrogen-bond acceptors (Lipinski definition) is 6. The molecule has 3 aromatic rings. The predicted octanol–water partition coefficient (Wildman–Crippen LogP) is 3.42. The van der Waals surface area contributed by atoms with Crippen LogP contribution in [0.3, 0.4) is 0 Å². The first-order valence-electron chi connectivity index (χ1n) is 11.1. The van der Waals surface area contributed by atoms with Crippen LogP contribution in [0.5, 0.6) is 0 Å². The number of aromatic nitrogens is 2. The number of halogens is 2. The van der Waals surface area contributed by atoms with Gasteiger partial charge >= 0.3 is 0 Å². The third-order valence-corrected chi connectivity index (χ3v) is 7.05. The number of amides is 1. The van der Waals surface area contributed by atoms with Crippen LogP contribution in [0.2, 0.25) is 5.02 Å². The third-order valence-electron chi connectivity index (χ3n) is 6.76. The molecule has 2 aromatic heterocycles. The van der Waals surface area contributed by atoms with E-state index >= 15 is 4.39 Å². The van der Waals surface area contributed by atoms with E-state index < -0.39 is 11.2 Å². The Morgan fingerprint density at radius 2 is 2.06 bits per heavy atom. The molecule has 0 radical (unpaired) electrons. The molecular formula is C25H25ClFN5O2. The number of nitrogens with one attached hydrogen (secondary N) is 2. The highest BCUT2D eigenvalue weighted by molar-refractivity contribution is 6.30. The van der Waals surface area contributed by atoms with Crippen LogP contribution >= 0.6 is 11.6 Å². The van der Waals surface area contributed by atoms with Crippen LogP contribution in [0, 0.1) is 12.7 Å². The summed E-state index contributed by atoms with van der Waals surface area (Å²) in [7, 11) is 0. The molecule has 0 spiro atoms. The molecule has 5 rings (SSSR count). The van der Waals surface area contributed by atoms with Gasteiger partial charge in [0.15, 0.2) is 0 Å². The fourth-order valence-electron chi connectivity index (χ4n) is 4.83. The van der Waals surface area contributed by atoms with Gasteiger partial charge in [-0.2, -0.15) is 0 Å². The first-order chi connectivity index (χ1) is 16.3. The summed E-state index contributed by atoms with van der Waals surface area (Å²) in [6.45, 7) is 5.52. The quantitative estimate of drug-likeness (QED) is 0.517. The molecule has 1 fully saturated rings. The van der Waals surface area contributed by atoms with Crippen molar-refractivity contribution in [1.82, 2.24) is 15.3 Å². The smallest absolute Gasteiger partial charge is 0.261 e. The molecule has 176 valence electrons. The zero-order valence-electron chi connectivity index (χ0n) is 18.9. The second kappa shape index (κ2) is 8.61. The molecule has 0 bridgehead atoms. The summed E-state index contributed by atoms with van der Waals surface area (Å²) in [4.78, 5) is 24.1. The normalized spacial score (nSPS) is 20.1. The van der Waals surface area contributed by atoms with E-state index in [0.717, 1.165) is 24.2 Å². The van der Waals surface area contributed by atoms with Gasteiger partial charge in [-0.25, -0.2) is 14.4 Å². The summed E-state index contributed by atoms with van der Waals surface area (Å²) in [5.74, 6) is 0.337. The molecule has 34 heavy (non-hydrogen) atoms. The maximum atomic E-state index is 15.4. The van der Waals surface area contributed by atoms with Crippen molar-refractivity contribution in [2.24, 2.45) is 0 Å². The molecule has 0 aliphatic carbocycles. The number of carbonyl (C=O) groups is 1. The molecule has 4 heterocycles. The fraction of sp³-hybridized carbons (Fsp3) is 0.320. The minimum Gasteiger partial charge on any atom is -0.392 e. The van der Waals surface area contributed by atoms with Crippen molar-refractivity contribution < 1.29 is 14.3 Å². The first-order valence-corrected chi connectivity index (χ1v) is 11.5. The lowest BCUT2D eigenvalue weighted by atomic mass is 9.70. The van der Waals surface area contributed by atoms with E-state index in [1.807, 2.05) is 13.8 Å². The van der Waals surface area contributed by atoms with Gasteiger partial charge < -0.3 is 15.7 Å². The van der Waals surface area contributed by atoms with Gasteiger partial charge in [-0.1, -0.05) is 29.8 Å². The maximum Gasteiger partial charge on any atom is 0.261 e.